The van der Waals surface area contributed by atoms with Crippen molar-refractivity contribution in [1.29, 1.82) is 0 Å². The molecule has 2 N–H and O–H groups in total. The van der Waals surface area contributed by atoms with Gasteiger partial charge in [0.05, 0.1) is 6.10 Å². The topological polar surface area (TPSA) is 32.3 Å². The van der Waals surface area contributed by atoms with Gasteiger partial charge in [0, 0.05) is 12.6 Å². The minimum absolute atomic E-state index is 0.209. The van der Waals surface area contributed by atoms with Gasteiger partial charge in [-0.25, -0.2) is 0 Å². The zero-order chi connectivity index (χ0) is 13.8. The zero-order valence-corrected chi connectivity index (χ0v) is 13.0. The van der Waals surface area contributed by atoms with Crippen molar-refractivity contribution >= 4 is 0 Å². The molecule has 0 spiro atoms. The van der Waals surface area contributed by atoms with Gasteiger partial charge in [0.1, 0.15) is 0 Å². The first-order valence-electron chi connectivity index (χ1n) is 7.71. The Morgan fingerprint density at radius 2 is 1.78 bits per heavy atom. The van der Waals surface area contributed by atoms with Crippen molar-refractivity contribution in [1.82, 2.24) is 5.32 Å². The van der Waals surface area contributed by atoms with Crippen LogP contribution in [0.15, 0.2) is 0 Å². The van der Waals surface area contributed by atoms with Crippen LogP contribution in [0.1, 0.15) is 66.7 Å². The monoisotopic (exact) mass is 255 g/mol. The summed E-state index contributed by atoms with van der Waals surface area (Å²) in [5.41, 5.74) is 0.213. The van der Waals surface area contributed by atoms with Gasteiger partial charge < -0.3 is 10.4 Å². The van der Waals surface area contributed by atoms with Crippen molar-refractivity contribution in [2.75, 3.05) is 6.54 Å². The third kappa shape index (κ3) is 5.71. The average molecular weight is 255 g/mol. The Kier molecular flexibility index (Phi) is 6.13. The number of rotatable bonds is 5. The summed E-state index contributed by atoms with van der Waals surface area (Å²) in [5.74, 6) is 1.54. The van der Waals surface area contributed by atoms with Crippen LogP contribution < -0.4 is 5.32 Å². The second-order valence-electron chi connectivity index (χ2n) is 7.63. The number of aliphatic hydroxyl groups is 1. The van der Waals surface area contributed by atoms with E-state index < -0.39 is 0 Å². The van der Waals surface area contributed by atoms with Crippen LogP contribution in [0.3, 0.4) is 0 Å². The van der Waals surface area contributed by atoms with E-state index in [2.05, 4.69) is 39.9 Å². The summed E-state index contributed by atoms with van der Waals surface area (Å²) in [7, 11) is 0. The molecule has 0 bridgehead atoms. The van der Waals surface area contributed by atoms with Crippen LogP contribution >= 0.6 is 0 Å². The van der Waals surface area contributed by atoms with Crippen LogP contribution in [0.2, 0.25) is 0 Å². The smallest absolute Gasteiger partial charge is 0.0669 e. The second-order valence-corrected chi connectivity index (χ2v) is 7.63. The Hall–Kier alpha value is -0.0800. The van der Waals surface area contributed by atoms with Gasteiger partial charge in [0.2, 0.25) is 0 Å². The van der Waals surface area contributed by atoms with E-state index in [1.807, 2.05) is 0 Å². The molecule has 3 atom stereocenters. The van der Waals surface area contributed by atoms with Crippen molar-refractivity contribution in [3.05, 3.63) is 0 Å². The Balaban J connectivity index is 2.36. The van der Waals surface area contributed by atoms with Gasteiger partial charge in [0.15, 0.2) is 0 Å². The van der Waals surface area contributed by atoms with Gasteiger partial charge in [0.25, 0.3) is 0 Å². The maximum atomic E-state index is 10.1. The van der Waals surface area contributed by atoms with Crippen LogP contribution in [0.4, 0.5) is 0 Å². The Morgan fingerprint density at radius 1 is 1.17 bits per heavy atom. The molecule has 0 aromatic carbocycles. The molecule has 0 aromatic rings. The van der Waals surface area contributed by atoms with E-state index in [1.165, 1.54) is 25.7 Å². The highest BCUT2D eigenvalue weighted by Crippen LogP contribution is 2.30. The Morgan fingerprint density at radius 3 is 2.33 bits per heavy atom. The minimum Gasteiger partial charge on any atom is -0.392 e. The van der Waals surface area contributed by atoms with Gasteiger partial charge in [-0.1, -0.05) is 47.5 Å². The first-order chi connectivity index (χ1) is 8.29. The van der Waals surface area contributed by atoms with Gasteiger partial charge in [-0.15, -0.1) is 0 Å². The fourth-order valence-corrected chi connectivity index (χ4v) is 3.28. The molecule has 1 saturated carbocycles. The van der Waals surface area contributed by atoms with Crippen LogP contribution in [0.5, 0.6) is 0 Å². The predicted molar refractivity (Wildman–Crippen MR) is 78.7 cm³/mol. The molecule has 0 saturated heterocycles. The van der Waals surface area contributed by atoms with Crippen LogP contribution in [0, 0.1) is 17.3 Å². The summed E-state index contributed by atoms with van der Waals surface area (Å²) in [4.78, 5) is 0. The van der Waals surface area contributed by atoms with Crippen molar-refractivity contribution in [3.63, 3.8) is 0 Å². The molecule has 0 aliphatic heterocycles. The van der Waals surface area contributed by atoms with Crippen LogP contribution in [-0.4, -0.2) is 23.8 Å². The first kappa shape index (κ1) is 16.0. The van der Waals surface area contributed by atoms with Crippen LogP contribution in [0.25, 0.3) is 0 Å². The summed E-state index contributed by atoms with van der Waals surface area (Å²) in [5, 5.41) is 13.7. The van der Waals surface area contributed by atoms with E-state index >= 15 is 0 Å². The number of aliphatic hydroxyl groups excluding tert-OH is 1. The number of nitrogens with one attached hydrogen (secondary N) is 1. The van der Waals surface area contributed by atoms with Gasteiger partial charge in [-0.3, -0.25) is 0 Å². The largest absolute Gasteiger partial charge is 0.392 e. The molecule has 0 amide bonds. The van der Waals surface area contributed by atoms with E-state index in [0.29, 0.717) is 6.04 Å². The summed E-state index contributed by atoms with van der Waals surface area (Å²) >= 11 is 0. The molecule has 2 nitrogen and oxygen atoms in total. The van der Waals surface area contributed by atoms with E-state index in [-0.39, 0.29) is 11.5 Å². The molecular formula is C16H33NO. The van der Waals surface area contributed by atoms with Crippen molar-refractivity contribution in [3.8, 4) is 0 Å². The highest BCUT2D eigenvalue weighted by molar-refractivity contribution is 4.84. The van der Waals surface area contributed by atoms with Crippen molar-refractivity contribution < 1.29 is 5.11 Å². The SMILES string of the molecule is CC(C)C1CCCCC1NCC(O)CC(C)(C)C. The normalized spacial score (nSPS) is 27.5. The molecule has 3 unspecified atom stereocenters. The third-order valence-electron chi connectivity index (χ3n) is 4.14. The summed E-state index contributed by atoms with van der Waals surface area (Å²) in [6.07, 6.45) is 6.02. The van der Waals surface area contributed by atoms with E-state index in [0.717, 1.165) is 24.8 Å². The fraction of sp³-hybridized carbons (Fsp3) is 1.00. The molecule has 1 rings (SSSR count). The molecule has 2 heteroatoms. The Bertz CT molecular complexity index is 232. The summed E-state index contributed by atoms with van der Waals surface area (Å²) in [6, 6.07) is 0.619. The van der Waals surface area contributed by atoms with Crippen molar-refractivity contribution in [2.45, 2.75) is 78.9 Å². The first-order valence-corrected chi connectivity index (χ1v) is 7.71. The maximum Gasteiger partial charge on any atom is 0.0669 e. The number of hydrogen-bond acceptors (Lipinski definition) is 2. The Labute approximate surface area is 114 Å². The van der Waals surface area contributed by atoms with Crippen LogP contribution in [-0.2, 0) is 0 Å². The molecule has 18 heavy (non-hydrogen) atoms. The molecule has 1 aliphatic carbocycles. The molecule has 1 aliphatic rings. The lowest BCUT2D eigenvalue weighted by Crippen LogP contribution is -2.44. The van der Waals surface area contributed by atoms with Crippen molar-refractivity contribution in [2.24, 2.45) is 17.3 Å². The lowest BCUT2D eigenvalue weighted by molar-refractivity contribution is 0.105. The maximum absolute atomic E-state index is 10.1. The van der Waals surface area contributed by atoms with E-state index in [4.69, 9.17) is 0 Å². The molecule has 0 heterocycles. The lowest BCUT2D eigenvalue weighted by atomic mass is 9.77. The lowest BCUT2D eigenvalue weighted by Gasteiger charge is -2.36. The summed E-state index contributed by atoms with van der Waals surface area (Å²) in [6.45, 7) is 12.0. The van der Waals surface area contributed by atoms with E-state index in [1.54, 1.807) is 0 Å². The minimum atomic E-state index is -0.209. The quantitative estimate of drug-likeness (QED) is 0.787. The number of hydrogen-bond donors (Lipinski definition) is 2. The predicted octanol–water partition coefficient (Wildman–Crippen LogP) is 3.59. The fourth-order valence-electron chi connectivity index (χ4n) is 3.28. The molecule has 1 fully saturated rings. The molecule has 0 radical (unpaired) electrons. The zero-order valence-electron chi connectivity index (χ0n) is 13.0. The molecule has 108 valence electrons. The average Bonchev–Trinajstić information content (AvgIpc) is 2.24. The second kappa shape index (κ2) is 6.91. The van der Waals surface area contributed by atoms with Gasteiger partial charge >= 0.3 is 0 Å². The molecular weight excluding hydrogens is 222 g/mol. The van der Waals surface area contributed by atoms with Gasteiger partial charge in [-0.2, -0.15) is 0 Å². The summed E-state index contributed by atoms with van der Waals surface area (Å²) < 4.78 is 0. The molecule has 0 aromatic heterocycles. The highest BCUT2D eigenvalue weighted by Gasteiger charge is 2.27. The highest BCUT2D eigenvalue weighted by atomic mass is 16.3. The van der Waals surface area contributed by atoms with Gasteiger partial charge in [-0.05, 0) is 36.5 Å². The third-order valence-corrected chi connectivity index (χ3v) is 4.14. The standard InChI is InChI=1S/C16H33NO/c1-12(2)14-8-6-7-9-15(14)17-11-13(18)10-16(3,4)5/h12-15,17-18H,6-11H2,1-5H3. The van der Waals surface area contributed by atoms with E-state index in [9.17, 15) is 5.11 Å².